The summed E-state index contributed by atoms with van der Waals surface area (Å²) in [6.07, 6.45) is 0.861. The van der Waals surface area contributed by atoms with Crippen molar-refractivity contribution in [3.8, 4) is 0 Å². The lowest BCUT2D eigenvalue weighted by atomic mass is 10.2. The van der Waals surface area contributed by atoms with Gasteiger partial charge in [0.2, 0.25) is 5.78 Å². The summed E-state index contributed by atoms with van der Waals surface area (Å²) in [5.41, 5.74) is 2.03. The molecule has 4 rings (SSSR count). The van der Waals surface area contributed by atoms with E-state index in [2.05, 4.69) is 39.1 Å². The van der Waals surface area contributed by atoms with Crippen molar-refractivity contribution in [1.29, 1.82) is 0 Å². The second kappa shape index (κ2) is 7.25. The zero-order chi connectivity index (χ0) is 18.1. The molecule has 2 heterocycles. The molecule has 132 valence electrons. The van der Waals surface area contributed by atoms with E-state index in [1.807, 2.05) is 46.9 Å². The second-order valence-corrected chi connectivity index (χ2v) is 7.77. The van der Waals surface area contributed by atoms with Gasteiger partial charge in [-0.2, -0.15) is 0 Å². The fourth-order valence-electron chi connectivity index (χ4n) is 3.01. The highest BCUT2D eigenvalue weighted by atomic mass is 79.9. The van der Waals surface area contributed by atoms with Crippen LogP contribution in [0, 0.1) is 0 Å². The average Bonchev–Trinajstić information content (AvgIpc) is 3.08. The lowest BCUT2D eigenvalue weighted by Crippen LogP contribution is -2.23. The van der Waals surface area contributed by atoms with E-state index in [4.69, 9.17) is 0 Å². The number of benzene rings is 2. The topological polar surface area (TPSA) is 52.2 Å². The van der Waals surface area contributed by atoms with Gasteiger partial charge >= 0.3 is 0 Å². The predicted octanol–water partition coefficient (Wildman–Crippen LogP) is 4.51. The van der Waals surface area contributed by atoms with E-state index >= 15 is 0 Å². The van der Waals surface area contributed by atoms with Crippen LogP contribution in [0.1, 0.15) is 18.9 Å². The third kappa shape index (κ3) is 2.95. The highest BCUT2D eigenvalue weighted by Crippen LogP contribution is 2.27. The quantitative estimate of drug-likeness (QED) is 0.438. The lowest BCUT2D eigenvalue weighted by molar-refractivity contribution is 0.662. The van der Waals surface area contributed by atoms with Crippen LogP contribution in [0.4, 0.5) is 0 Å². The zero-order valence-electron chi connectivity index (χ0n) is 14.2. The van der Waals surface area contributed by atoms with Crippen molar-refractivity contribution in [3.05, 3.63) is 68.9 Å². The highest BCUT2D eigenvalue weighted by molar-refractivity contribution is 9.10. The van der Waals surface area contributed by atoms with Crippen molar-refractivity contribution >= 4 is 44.4 Å². The van der Waals surface area contributed by atoms with Crippen LogP contribution in [0.5, 0.6) is 0 Å². The third-order valence-corrected chi connectivity index (χ3v) is 5.99. The number of hydrogen-bond acceptors (Lipinski definition) is 4. The van der Waals surface area contributed by atoms with E-state index in [1.165, 1.54) is 5.56 Å². The summed E-state index contributed by atoms with van der Waals surface area (Å²) in [6, 6.07) is 15.8. The maximum Gasteiger partial charge on any atom is 0.262 e. The van der Waals surface area contributed by atoms with Crippen molar-refractivity contribution in [2.45, 2.75) is 30.8 Å². The van der Waals surface area contributed by atoms with E-state index in [9.17, 15) is 4.79 Å². The Morgan fingerprint density at radius 2 is 1.85 bits per heavy atom. The minimum Gasteiger partial charge on any atom is -0.276 e. The summed E-state index contributed by atoms with van der Waals surface area (Å²) in [5.74, 6) is 1.37. The number of nitrogens with zero attached hydrogens (tertiary/aromatic N) is 4. The Bertz CT molecular complexity index is 1150. The van der Waals surface area contributed by atoms with E-state index < -0.39 is 0 Å². The number of rotatable bonds is 5. The first-order valence-corrected chi connectivity index (χ1v) is 10.2. The molecule has 0 aliphatic carbocycles. The highest BCUT2D eigenvalue weighted by Gasteiger charge is 2.16. The summed E-state index contributed by atoms with van der Waals surface area (Å²) < 4.78 is 4.79. The molecule has 2 aromatic carbocycles. The van der Waals surface area contributed by atoms with Gasteiger partial charge in [-0.05, 0) is 30.2 Å². The van der Waals surface area contributed by atoms with Crippen LogP contribution in [0.2, 0.25) is 0 Å². The van der Waals surface area contributed by atoms with Gasteiger partial charge in [-0.1, -0.05) is 64.9 Å². The molecule has 26 heavy (non-hydrogen) atoms. The molecule has 0 spiro atoms. The van der Waals surface area contributed by atoms with Gasteiger partial charge in [0.15, 0.2) is 5.16 Å². The smallest absolute Gasteiger partial charge is 0.262 e. The van der Waals surface area contributed by atoms with Crippen molar-refractivity contribution < 1.29 is 0 Å². The molecule has 0 N–H and O–H groups in total. The maximum atomic E-state index is 12.8. The molecule has 0 saturated carbocycles. The van der Waals surface area contributed by atoms with Gasteiger partial charge in [-0.3, -0.25) is 13.8 Å². The number of aromatic nitrogens is 4. The second-order valence-electron chi connectivity index (χ2n) is 5.97. The number of hydrogen-bond donors (Lipinski definition) is 0. The first kappa shape index (κ1) is 17.3. The normalized spacial score (nSPS) is 11.5. The van der Waals surface area contributed by atoms with Gasteiger partial charge in [0.05, 0.1) is 10.9 Å². The van der Waals surface area contributed by atoms with Gasteiger partial charge in [0, 0.05) is 16.8 Å². The predicted molar refractivity (Wildman–Crippen MR) is 109 cm³/mol. The molecule has 0 saturated heterocycles. The van der Waals surface area contributed by atoms with E-state index in [-0.39, 0.29) is 5.56 Å². The van der Waals surface area contributed by atoms with E-state index in [0.29, 0.717) is 17.7 Å². The molecule has 0 amide bonds. The monoisotopic (exact) mass is 428 g/mol. The molecule has 0 fully saturated rings. The molecular formula is C19H17BrN4OS. The number of aryl methyl sites for hydroxylation is 1. The Labute approximate surface area is 163 Å². The van der Waals surface area contributed by atoms with E-state index in [0.717, 1.165) is 27.3 Å². The van der Waals surface area contributed by atoms with E-state index in [1.54, 1.807) is 16.3 Å². The maximum absolute atomic E-state index is 12.8. The summed E-state index contributed by atoms with van der Waals surface area (Å²) in [5, 5.41) is 10.2. The van der Waals surface area contributed by atoms with Gasteiger partial charge in [-0.25, -0.2) is 0 Å². The summed E-state index contributed by atoms with van der Waals surface area (Å²) in [7, 11) is 0. The van der Waals surface area contributed by atoms with Crippen molar-refractivity contribution in [3.63, 3.8) is 0 Å². The van der Waals surface area contributed by atoms with Crippen LogP contribution in [-0.4, -0.2) is 19.2 Å². The van der Waals surface area contributed by atoms with Crippen molar-refractivity contribution in [2.75, 3.05) is 0 Å². The summed E-state index contributed by atoms with van der Waals surface area (Å²) >= 11 is 5.21. The number of halogens is 1. The molecule has 7 heteroatoms. The van der Waals surface area contributed by atoms with Crippen LogP contribution in [-0.2, 0) is 12.3 Å². The van der Waals surface area contributed by atoms with Gasteiger partial charge in [-0.15, -0.1) is 10.2 Å². The van der Waals surface area contributed by atoms with Crippen LogP contribution >= 0.6 is 27.7 Å². The lowest BCUT2D eigenvalue weighted by Gasteiger charge is -2.10. The Kier molecular flexibility index (Phi) is 4.82. The van der Waals surface area contributed by atoms with Gasteiger partial charge in [0.25, 0.3) is 5.56 Å². The van der Waals surface area contributed by atoms with Crippen molar-refractivity contribution in [1.82, 2.24) is 19.2 Å². The Morgan fingerprint density at radius 3 is 2.65 bits per heavy atom. The molecular weight excluding hydrogens is 412 g/mol. The SMILES string of the molecule is CCCn1c(=O)c2ccccc2n2c(SCc3ccccc3Br)nnc12. The molecule has 0 aliphatic heterocycles. The fraction of sp³-hybridized carbons (Fsp3) is 0.211. The molecule has 4 aromatic rings. The Balaban J connectivity index is 1.86. The zero-order valence-corrected chi connectivity index (χ0v) is 16.6. The molecule has 0 bridgehead atoms. The molecule has 0 unspecified atom stereocenters. The van der Waals surface area contributed by atoms with Crippen LogP contribution in [0.25, 0.3) is 16.7 Å². The Hall–Kier alpha value is -2.12. The minimum absolute atomic E-state index is 0.00953. The van der Waals surface area contributed by atoms with Crippen LogP contribution < -0.4 is 5.56 Å². The largest absolute Gasteiger partial charge is 0.276 e. The molecule has 2 aromatic heterocycles. The van der Waals surface area contributed by atoms with Crippen LogP contribution in [0.15, 0.2) is 63.0 Å². The molecule has 0 radical (unpaired) electrons. The van der Waals surface area contributed by atoms with Crippen molar-refractivity contribution in [2.24, 2.45) is 0 Å². The standard InChI is InChI=1S/C19H17BrN4OS/c1-2-11-23-17(25)14-8-4-6-10-16(14)24-18(23)21-22-19(24)26-12-13-7-3-5-9-15(13)20/h3-10H,2,11-12H2,1H3. The van der Waals surface area contributed by atoms with Crippen LogP contribution in [0.3, 0.4) is 0 Å². The molecule has 0 atom stereocenters. The Morgan fingerprint density at radius 1 is 1.08 bits per heavy atom. The van der Waals surface area contributed by atoms with Gasteiger partial charge in [0.1, 0.15) is 0 Å². The number of thioether (sulfide) groups is 1. The minimum atomic E-state index is -0.00953. The number of fused-ring (bicyclic) bond motifs is 3. The third-order valence-electron chi connectivity index (χ3n) is 4.24. The fourth-order valence-corrected chi connectivity index (χ4v) is 4.56. The number of para-hydroxylation sites is 1. The summed E-state index contributed by atoms with van der Waals surface area (Å²) in [4.78, 5) is 12.8. The molecule has 5 nitrogen and oxygen atoms in total. The average molecular weight is 429 g/mol. The first-order valence-electron chi connectivity index (χ1n) is 8.43. The van der Waals surface area contributed by atoms with Gasteiger partial charge < -0.3 is 0 Å². The molecule has 0 aliphatic rings. The summed E-state index contributed by atoms with van der Waals surface area (Å²) in [6.45, 7) is 2.68. The first-order chi connectivity index (χ1) is 12.7.